The normalized spacial score (nSPS) is 15.0. The van der Waals surface area contributed by atoms with Crippen LogP contribution in [0.4, 0.5) is 19.0 Å². The van der Waals surface area contributed by atoms with Crippen molar-refractivity contribution in [1.82, 2.24) is 19.4 Å². The molecule has 0 unspecified atom stereocenters. The molecule has 0 atom stereocenters. The first-order valence-corrected chi connectivity index (χ1v) is 12.6. The van der Waals surface area contributed by atoms with Crippen LogP contribution in [0.25, 0.3) is 22.4 Å². The van der Waals surface area contributed by atoms with E-state index >= 15 is 0 Å². The molecule has 2 aromatic heterocycles. The van der Waals surface area contributed by atoms with E-state index in [0.29, 0.717) is 17.4 Å². The Kier molecular flexibility index (Phi) is 6.96. The molecule has 2 aromatic carbocycles. The number of halogens is 3. The molecule has 0 N–H and O–H groups in total. The van der Waals surface area contributed by atoms with Gasteiger partial charge in [-0.1, -0.05) is 30.3 Å². The van der Waals surface area contributed by atoms with Crippen LogP contribution < -0.4 is 4.90 Å². The van der Waals surface area contributed by atoms with Crippen molar-refractivity contribution in [2.24, 2.45) is 7.05 Å². The summed E-state index contributed by atoms with van der Waals surface area (Å²) in [7, 11) is 6.22. The quantitative estimate of drug-likeness (QED) is 0.309. The second-order valence-corrected chi connectivity index (χ2v) is 10.1. The molecule has 1 aliphatic rings. The molecule has 0 bridgehead atoms. The SMILES string of the molecule is CN(C)C1CCN(c2nc(-c3cccc(CC(=O)c4cccc(C(F)(F)F)c4)c3)nc3ccn(C)c23)CC1. The first kappa shape index (κ1) is 25.9. The van der Waals surface area contributed by atoms with Gasteiger partial charge in [0.2, 0.25) is 0 Å². The van der Waals surface area contributed by atoms with Crippen LogP contribution in [-0.4, -0.2) is 58.4 Å². The van der Waals surface area contributed by atoms with E-state index in [0.717, 1.165) is 60.5 Å². The van der Waals surface area contributed by atoms with Crippen molar-refractivity contribution in [2.45, 2.75) is 31.5 Å². The van der Waals surface area contributed by atoms with E-state index in [1.165, 1.54) is 12.1 Å². The third-order valence-corrected chi connectivity index (χ3v) is 7.26. The minimum atomic E-state index is -4.50. The molecule has 0 aliphatic carbocycles. The van der Waals surface area contributed by atoms with Gasteiger partial charge in [0.1, 0.15) is 5.52 Å². The predicted molar refractivity (Wildman–Crippen MR) is 142 cm³/mol. The van der Waals surface area contributed by atoms with Crippen LogP contribution in [0.1, 0.15) is 34.3 Å². The largest absolute Gasteiger partial charge is 0.416 e. The van der Waals surface area contributed by atoms with Crippen molar-refractivity contribution < 1.29 is 18.0 Å². The Morgan fingerprint density at radius 1 is 1.03 bits per heavy atom. The van der Waals surface area contributed by atoms with Crippen LogP contribution in [0.15, 0.2) is 60.8 Å². The third kappa shape index (κ3) is 5.29. The van der Waals surface area contributed by atoms with E-state index in [-0.39, 0.29) is 17.8 Å². The molecule has 0 spiro atoms. The highest BCUT2D eigenvalue weighted by Crippen LogP contribution is 2.32. The second kappa shape index (κ2) is 10.2. The zero-order valence-corrected chi connectivity index (χ0v) is 21.7. The minimum absolute atomic E-state index is 0.0202. The fraction of sp³-hybridized carbons (Fsp3) is 0.345. The summed E-state index contributed by atoms with van der Waals surface area (Å²) in [4.78, 5) is 27.2. The number of rotatable bonds is 6. The van der Waals surface area contributed by atoms with E-state index in [2.05, 4.69) is 23.9 Å². The molecule has 0 amide bonds. The van der Waals surface area contributed by atoms with Crippen LogP contribution in [0.3, 0.4) is 0 Å². The lowest BCUT2D eigenvalue weighted by Gasteiger charge is -2.36. The molecule has 1 aliphatic heterocycles. The molecule has 9 heteroatoms. The Morgan fingerprint density at radius 3 is 2.47 bits per heavy atom. The van der Waals surface area contributed by atoms with Crippen molar-refractivity contribution in [3.05, 3.63) is 77.5 Å². The highest BCUT2D eigenvalue weighted by Gasteiger charge is 2.31. The molecule has 0 saturated carbocycles. The summed E-state index contributed by atoms with van der Waals surface area (Å²) < 4.78 is 41.3. The van der Waals surface area contributed by atoms with Gasteiger partial charge in [-0.05, 0) is 56.8 Å². The molecule has 3 heterocycles. The number of fused-ring (bicyclic) bond motifs is 1. The van der Waals surface area contributed by atoms with E-state index in [9.17, 15) is 18.0 Å². The maximum atomic E-state index is 13.1. The van der Waals surface area contributed by atoms with Crippen LogP contribution in [-0.2, 0) is 19.6 Å². The number of carbonyl (C=O) groups is 1. The van der Waals surface area contributed by atoms with Crippen LogP contribution in [0, 0.1) is 0 Å². The van der Waals surface area contributed by atoms with Crippen molar-refractivity contribution in [3.63, 3.8) is 0 Å². The van der Waals surface area contributed by atoms with Gasteiger partial charge in [-0.2, -0.15) is 13.2 Å². The first-order chi connectivity index (χ1) is 18.1. The van der Waals surface area contributed by atoms with Gasteiger partial charge in [0.15, 0.2) is 17.4 Å². The monoisotopic (exact) mass is 521 g/mol. The number of hydrogen-bond donors (Lipinski definition) is 0. The number of alkyl halides is 3. The van der Waals surface area contributed by atoms with Gasteiger partial charge in [-0.25, -0.2) is 9.97 Å². The fourth-order valence-electron chi connectivity index (χ4n) is 5.09. The zero-order chi connectivity index (χ0) is 27.0. The van der Waals surface area contributed by atoms with Crippen molar-refractivity contribution in [1.29, 1.82) is 0 Å². The number of carbonyl (C=O) groups excluding carboxylic acids is 1. The number of hydrogen-bond acceptors (Lipinski definition) is 5. The summed E-state index contributed by atoms with van der Waals surface area (Å²) in [6.45, 7) is 1.79. The first-order valence-electron chi connectivity index (χ1n) is 12.6. The summed E-state index contributed by atoms with van der Waals surface area (Å²) in [6.07, 6.45) is -0.448. The standard InChI is InChI=1S/C29H30F3N5O/c1-35(2)23-10-14-37(15-11-23)28-26-24(12-13-36(26)3)33-27(34-28)21-8-4-6-19(16-21)17-25(38)20-7-5-9-22(18-20)29(30,31)32/h4-9,12-13,16,18,23H,10-11,14-15,17H2,1-3H3. The number of ketones is 1. The molecular weight excluding hydrogens is 491 g/mol. The van der Waals surface area contributed by atoms with E-state index < -0.39 is 11.7 Å². The number of aryl methyl sites for hydroxylation is 1. The molecule has 1 saturated heterocycles. The van der Waals surface area contributed by atoms with Crippen LogP contribution in [0.2, 0.25) is 0 Å². The Morgan fingerprint density at radius 2 is 1.76 bits per heavy atom. The van der Waals surface area contributed by atoms with Crippen LogP contribution >= 0.6 is 0 Å². The fourth-order valence-corrected chi connectivity index (χ4v) is 5.09. The van der Waals surface area contributed by atoms with E-state index in [1.54, 1.807) is 6.07 Å². The van der Waals surface area contributed by atoms with Gasteiger partial charge in [-0.15, -0.1) is 0 Å². The number of benzene rings is 2. The van der Waals surface area contributed by atoms with Crippen molar-refractivity contribution in [2.75, 3.05) is 32.1 Å². The van der Waals surface area contributed by atoms with Gasteiger partial charge in [-0.3, -0.25) is 4.79 Å². The number of aromatic nitrogens is 3. The summed E-state index contributed by atoms with van der Waals surface area (Å²) in [5, 5.41) is 0. The molecule has 1 fully saturated rings. The lowest BCUT2D eigenvalue weighted by molar-refractivity contribution is -0.137. The average molecular weight is 522 g/mol. The zero-order valence-electron chi connectivity index (χ0n) is 21.7. The summed E-state index contributed by atoms with van der Waals surface area (Å²) in [6, 6.07) is 14.4. The summed E-state index contributed by atoms with van der Waals surface area (Å²) in [5.41, 5.74) is 2.48. The highest BCUT2D eigenvalue weighted by molar-refractivity contribution is 5.98. The molecule has 6 nitrogen and oxygen atoms in total. The number of Topliss-reactive ketones (excluding diaryl/α,β-unsaturated/α-hetero) is 1. The smallest absolute Gasteiger partial charge is 0.355 e. The second-order valence-electron chi connectivity index (χ2n) is 10.1. The topological polar surface area (TPSA) is 54.3 Å². The Balaban J connectivity index is 1.43. The minimum Gasteiger partial charge on any atom is -0.355 e. The molecule has 5 rings (SSSR count). The molecule has 4 aromatic rings. The summed E-state index contributed by atoms with van der Waals surface area (Å²) in [5.74, 6) is 1.07. The number of nitrogens with zero attached hydrogens (tertiary/aromatic N) is 5. The van der Waals surface area contributed by atoms with E-state index in [4.69, 9.17) is 9.97 Å². The highest BCUT2D eigenvalue weighted by atomic mass is 19.4. The van der Waals surface area contributed by atoms with Gasteiger partial charge >= 0.3 is 6.18 Å². The third-order valence-electron chi connectivity index (χ3n) is 7.26. The van der Waals surface area contributed by atoms with Crippen molar-refractivity contribution in [3.8, 4) is 11.4 Å². The maximum Gasteiger partial charge on any atom is 0.416 e. The van der Waals surface area contributed by atoms with Gasteiger partial charge in [0.25, 0.3) is 0 Å². The molecule has 0 radical (unpaired) electrons. The average Bonchev–Trinajstić information content (AvgIpc) is 3.28. The van der Waals surface area contributed by atoms with Gasteiger partial charge in [0, 0.05) is 49.9 Å². The lowest BCUT2D eigenvalue weighted by Crippen LogP contribution is -2.42. The molecule has 38 heavy (non-hydrogen) atoms. The Labute approximate surface area is 219 Å². The summed E-state index contributed by atoms with van der Waals surface area (Å²) >= 11 is 0. The maximum absolute atomic E-state index is 13.1. The van der Waals surface area contributed by atoms with Gasteiger partial charge in [0.05, 0.1) is 11.1 Å². The lowest BCUT2D eigenvalue weighted by atomic mass is 9.99. The van der Waals surface area contributed by atoms with E-state index in [1.807, 2.05) is 42.1 Å². The van der Waals surface area contributed by atoms with Crippen LogP contribution in [0.5, 0.6) is 0 Å². The Bertz CT molecular complexity index is 1470. The Hall–Kier alpha value is -3.72. The number of anilines is 1. The predicted octanol–water partition coefficient (Wildman–Crippen LogP) is 5.61. The number of piperidine rings is 1. The van der Waals surface area contributed by atoms with Gasteiger partial charge < -0.3 is 14.4 Å². The molecular formula is C29H30F3N5O. The molecule has 198 valence electrons. The van der Waals surface area contributed by atoms with Crippen molar-refractivity contribution >= 4 is 22.6 Å².